The van der Waals surface area contributed by atoms with Gasteiger partial charge in [0.1, 0.15) is 0 Å². The van der Waals surface area contributed by atoms with E-state index in [1.807, 2.05) is 18.5 Å². The molecule has 4 heteroatoms. The van der Waals surface area contributed by atoms with Crippen molar-refractivity contribution in [3.63, 3.8) is 0 Å². The van der Waals surface area contributed by atoms with Crippen molar-refractivity contribution >= 4 is 28.3 Å². The van der Waals surface area contributed by atoms with Crippen molar-refractivity contribution < 1.29 is 0 Å². The van der Waals surface area contributed by atoms with E-state index in [1.165, 1.54) is 14.8 Å². The molecule has 2 N–H and O–H groups in total. The third-order valence-electron chi connectivity index (χ3n) is 2.12. The average Bonchev–Trinajstić information content (AvgIpc) is 2.63. The first-order valence-electron chi connectivity index (χ1n) is 4.73. The molecule has 0 atom stereocenters. The van der Waals surface area contributed by atoms with E-state index in [9.17, 15) is 0 Å². The third kappa shape index (κ3) is 2.71. The molecule has 0 spiro atoms. The second-order valence-electron chi connectivity index (χ2n) is 3.41. The van der Waals surface area contributed by atoms with Gasteiger partial charge in [0.15, 0.2) is 0 Å². The van der Waals surface area contributed by atoms with Crippen molar-refractivity contribution in [2.24, 2.45) is 0 Å². The SMILES string of the molecule is Cc1c[nH]c(CNc2cnccc2I)c1. The zero-order chi connectivity index (χ0) is 10.7. The number of hydrogen-bond acceptors (Lipinski definition) is 2. The molecule has 0 aromatic carbocycles. The summed E-state index contributed by atoms with van der Waals surface area (Å²) < 4.78 is 1.19. The van der Waals surface area contributed by atoms with E-state index in [1.54, 1.807) is 6.20 Å². The van der Waals surface area contributed by atoms with E-state index in [2.05, 4.69) is 50.9 Å². The maximum absolute atomic E-state index is 4.09. The Labute approximate surface area is 102 Å². The number of aromatic amines is 1. The van der Waals surface area contributed by atoms with E-state index in [0.717, 1.165) is 12.2 Å². The van der Waals surface area contributed by atoms with Crippen LogP contribution >= 0.6 is 22.6 Å². The fourth-order valence-electron chi connectivity index (χ4n) is 1.36. The number of nitrogens with one attached hydrogen (secondary N) is 2. The van der Waals surface area contributed by atoms with Gasteiger partial charge < -0.3 is 10.3 Å². The van der Waals surface area contributed by atoms with Crippen LogP contribution in [0.1, 0.15) is 11.3 Å². The molecule has 0 fully saturated rings. The first-order valence-corrected chi connectivity index (χ1v) is 5.81. The van der Waals surface area contributed by atoms with Gasteiger partial charge in [0.05, 0.1) is 18.4 Å². The molecule has 3 nitrogen and oxygen atoms in total. The van der Waals surface area contributed by atoms with Gasteiger partial charge in [-0.3, -0.25) is 4.98 Å². The molecule has 0 bridgehead atoms. The Balaban J connectivity index is 2.02. The van der Waals surface area contributed by atoms with Crippen LogP contribution < -0.4 is 5.32 Å². The molecule has 0 aliphatic rings. The van der Waals surface area contributed by atoms with Crippen molar-refractivity contribution in [3.05, 3.63) is 45.6 Å². The lowest BCUT2D eigenvalue weighted by atomic mass is 10.3. The summed E-state index contributed by atoms with van der Waals surface area (Å²) in [4.78, 5) is 7.30. The summed E-state index contributed by atoms with van der Waals surface area (Å²) in [7, 11) is 0. The zero-order valence-corrected chi connectivity index (χ0v) is 10.6. The highest BCUT2D eigenvalue weighted by molar-refractivity contribution is 14.1. The molecule has 78 valence electrons. The zero-order valence-electron chi connectivity index (χ0n) is 8.42. The molecule has 0 unspecified atom stereocenters. The number of halogens is 1. The van der Waals surface area contributed by atoms with E-state index < -0.39 is 0 Å². The lowest BCUT2D eigenvalue weighted by Crippen LogP contribution is -2.01. The normalized spacial score (nSPS) is 10.3. The number of anilines is 1. The van der Waals surface area contributed by atoms with Gasteiger partial charge in [-0.05, 0) is 47.2 Å². The number of aromatic nitrogens is 2. The van der Waals surface area contributed by atoms with Crippen LogP contribution in [0.5, 0.6) is 0 Å². The van der Waals surface area contributed by atoms with E-state index in [0.29, 0.717) is 0 Å². The van der Waals surface area contributed by atoms with Crippen molar-refractivity contribution in [2.45, 2.75) is 13.5 Å². The summed E-state index contributed by atoms with van der Waals surface area (Å²) in [6.07, 6.45) is 5.65. The molecule has 0 amide bonds. The molecule has 0 aliphatic heterocycles. The quantitative estimate of drug-likeness (QED) is 0.856. The fourth-order valence-corrected chi connectivity index (χ4v) is 1.86. The molecule has 0 aliphatic carbocycles. The van der Waals surface area contributed by atoms with Gasteiger partial charge in [-0.1, -0.05) is 0 Å². The van der Waals surface area contributed by atoms with Gasteiger partial charge in [0, 0.05) is 21.7 Å². The van der Waals surface area contributed by atoms with Crippen LogP contribution in [-0.4, -0.2) is 9.97 Å². The molecule has 2 aromatic heterocycles. The fraction of sp³-hybridized carbons (Fsp3) is 0.182. The number of pyridine rings is 1. The highest BCUT2D eigenvalue weighted by Gasteiger charge is 1.99. The molecule has 2 rings (SSSR count). The molecule has 2 aromatic rings. The van der Waals surface area contributed by atoms with Crippen LogP contribution in [0.3, 0.4) is 0 Å². The number of H-pyrrole nitrogens is 1. The summed E-state index contributed by atoms with van der Waals surface area (Å²) in [5, 5.41) is 3.34. The highest BCUT2D eigenvalue weighted by atomic mass is 127. The Morgan fingerprint density at radius 3 is 3.07 bits per heavy atom. The van der Waals surface area contributed by atoms with E-state index in [-0.39, 0.29) is 0 Å². The summed E-state index contributed by atoms with van der Waals surface area (Å²) >= 11 is 2.30. The smallest absolute Gasteiger partial charge is 0.0665 e. The molecular formula is C11H12IN3. The Bertz CT molecular complexity index is 451. The lowest BCUT2D eigenvalue weighted by molar-refractivity contribution is 1.07. The average molecular weight is 313 g/mol. The lowest BCUT2D eigenvalue weighted by Gasteiger charge is -2.06. The Hall–Kier alpha value is -1.04. The van der Waals surface area contributed by atoms with Crippen molar-refractivity contribution in [1.82, 2.24) is 9.97 Å². The van der Waals surface area contributed by atoms with Gasteiger partial charge in [0.25, 0.3) is 0 Å². The van der Waals surface area contributed by atoms with Crippen LogP contribution in [0.4, 0.5) is 5.69 Å². The minimum atomic E-state index is 0.801. The van der Waals surface area contributed by atoms with E-state index in [4.69, 9.17) is 0 Å². The Kier molecular flexibility index (Phi) is 3.25. The van der Waals surface area contributed by atoms with Crippen molar-refractivity contribution in [2.75, 3.05) is 5.32 Å². The first-order chi connectivity index (χ1) is 7.25. The minimum absolute atomic E-state index is 0.801. The van der Waals surface area contributed by atoms with E-state index >= 15 is 0 Å². The summed E-state index contributed by atoms with van der Waals surface area (Å²) in [5.74, 6) is 0. The molecule has 15 heavy (non-hydrogen) atoms. The second kappa shape index (κ2) is 4.65. The maximum atomic E-state index is 4.09. The van der Waals surface area contributed by atoms with Crippen LogP contribution in [0.15, 0.2) is 30.7 Å². The van der Waals surface area contributed by atoms with Crippen LogP contribution in [-0.2, 0) is 6.54 Å². The highest BCUT2D eigenvalue weighted by Crippen LogP contribution is 2.16. The standard InChI is InChI=1S/C11H12IN3/c1-8-4-9(14-5-8)6-15-11-7-13-3-2-10(11)12/h2-5,7,14-15H,6H2,1H3. The number of aryl methyl sites for hydroxylation is 1. The summed E-state index contributed by atoms with van der Waals surface area (Å²) in [6.45, 7) is 2.88. The Morgan fingerprint density at radius 1 is 1.53 bits per heavy atom. The van der Waals surface area contributed by atoms with Gasteiger partial charge >= 0.3 is 0 Å². The number of hydrogen-bond donors (Lipinski definition) is 2. The van der Waals surface area contributed by atoms with Crippen LogP contribution in [0.25, 0.3) is 0 Å². The molecular weight excluding hydrogens is 301 g/mol. The first kappa shape index (κ1) is 10.5. The Morgan fingerprint density at radius 2 is 2.40 bits per heavy atom. The molecule has 2 heterocycles. The van der Waals surface area contributed by atoms with Gasteiger partial charge in [-0.25, -0.2) is 0 Å². The summed E-state index contributed by atoms with van der Waals surface area (Å²) in [6, 6.07) is 4.12. The van der Waals surface area contributed by atoms with Gasteiger partial charge in [-0.2, -0.15) is 0 Å². The predicted octanol–water partition coefficient (Wildman–Crippen LogP) is 2.93. The number of rotatable bonds is 3. The van der Waals surface area contributed by atoms with Gasteiger partial charge in [-0.15, -0.1) is 0 Å². The van der Waals surface area contributed by atoms with Crippen molar-refractivity contribution in [1.29, 1.82) is 0 Å². The minimum Gasteiger partial charge on any atom is -0.377 e. The molecule has 0 saturated heterocycles. The molecule has 0 saturated carbocycles. The summed E-state index contributed by atoms with van der Waals surface area (Å²) in [5.41, 5.74) is 3.52. The topological polar surface area (TPSA) is 40.7 Å². The van der Waals surface area contributed by atoms with Crippen molar-refractivity contribution in [3.8, 4) is 0 Å². The van der Waals surface area contributed by atoms with Crippen LogP contribution in [0.2, 0.25) is 0 Å². The largest absolute Gasteiger partial charge is 0.377 e. The monoisotopic (exact) mass is 313 g/mol. The maximum Gasteiger partial charge on any atom is 0.0665 e. The van der Waals surface area contributed by atoms with Gasteiger partial charge in [0.2, 0.25) is 0 Å². The predicted molar refractivity (Wildman–Crippen MR) is 69.8 cm³/mol. The van der Waals surface area contributed by atoms with Crippen LogP contribution in [0, 0.1) is 10.5 Å². The number of nitrogens with zero attached hydrogens (tertiary/aromatic N) is 1. The second-order valence-corrected chi connectivity index (χ2v) is 4.57. The third-order valence-corrected chi connectivity index (χ3v) is 3.06. The molecule has 0 radical (unpaired) electrons.